The van der Waals surface area contributed by atoms with E-state index in [1.807, 2.05) is 96.4 Å². The van der Waals surface area contributed by atoms with Crippen molar-refractivity contribution in [1.82, 2.24) is 9.38 Å². The third-order valence-electron chi connectivity index (χ3n) is 4.21. The average molecular weight is 369 g/mol. The van der Waals surface area contributed by atoms with Crippen molar-refractivity contribution in [2.75, 3.05) is 0 Å². The molecule has 2 heterocycles. The van der Waals surface area contributed by atoms with Crippen LogP contribution in [0.15, 0.2) is 85.1 Å². The van der Waals surface area contributed by atoms with Crippen LogP contribution in [0.25, 0.3) is 5.65 Å². The molecule has 3 nitrogen and oxygen atoms in total. The van der Waals surface area contributed by atoms with E-state index in [2.05, 4.69) is 4.98 Å². The van der Waals surface area contributed by atoms with Crippen molar-refractivity contribution in [3.8, 4) is 0 Å². The van der Waals surface area contributed by atoms with Crippen molar-refractivity contribution in [2.24, 2.45) is 0 Å². The van der Waals surface area contributed by atoms with Crippen LogP contribution in [0.3, 0.4) is 0 Å². The molecule has 0 N–H and O–H groups in total. The third kappa shape index (κ3) is 2.80. The van der Waals surface area contributed by atoms with Crippen LogP contribution >= 0.6 is 19.5 Å². The summed E-state index contributed by atoms with van der Waals surface area (Å²) in [5.74, 6) is 0. The maximum atomic E-state index is 14.5. The van der Waals surface area contributed by atoms with Gasteiger partial charge >= 0.3 is 0 Å². The molecule has 0 bridgehead atoms. The lowest BCUT2D eigenvalue weighted by molar-refractivity contribution is 0.591. The number of hydrogen-bond donors (Lipinski definition) is 0. The zero-order chi connectivity index (χ0) is 16.6. The lowest BCUT2D eigenvalue weighted by Crippen LogP contribution is -2.29. The summed E-state index contributed by atoms with van der Waals surface area (Å²) in [6, 6.07) is 25.2. The second-order valence-electron chi connectivity index (χ2n) is 5.73. The Hall–Kier alpha value is -2.35. The van der Waals surface area contributed by atoms with E-state index >= 15 is 0 Å². The average Bonchev–Trinajstić information content (AvgIpc) is 2.99. The molecule has 0 aliphatic carbocycles. The van der Waals surface area contributed by atoms with Crippen molar-refractivity contribution >= 4 is 41.2 Å². The molecule has 2 aromatic heterocycles. The van der Waals surface area contributed by atoms with Gasteiger partial charge in [-0.3, -0.25) is 4.40 Å². The fourth-order valence-corrected chi connectivity index (χ4v) is 6.10. The number of pyridine rings is 1. The van der Waals surface area contributed by atoms with Crippen molar-refractivity contribution in [2.45, 2.75) is 6.92 Å². The zero-order valence-electron chi connectivity index (χ0n) is 13.7. The number of nitrogens with zero attached hydrogens (tertiary/aromatic N) is 2. The number of aryl methyl sites for hydroxylation is 1. The molecule has 0 aliphatic heterocycles. The van der Waals surface area contributed by atoms with Gasteiger partial charge in [-0.15, -0.1) is 12.4 Å². The molecule has 0 saturated heterocycles. The molecule has 2 aromatic carbocycles. The first kappa shape index (κ1) is 17.5. The number of benzene rings is 2. The Bertz CT molecular complexity index is 1000. The predicted molar refractivity (Wildman–Crippen MR) is 107 cm³/mol. The standard InChI is InChI=1S/C20H17N2OP.ClH/c1-16-20(22-15-9-8-14-19(22)21-16)24(23,17-10-4-2-5-11-17)18-12-6-3-7-13-18;/h2-15H,1H3;1H. The van der Waals surface area contributed by atoms with E-state index < -0.39 is 7.14 Å². The first-order valence-corrected chi connectivity index (χ1v) is 9.57. The van der Waals surface area contributed by atoms with Crippen LogP contribution in [-0.2, 0) is 4.57 Å². The normalized spacial score (nSPS) is 11.2. The number of halogens is 1. The molecular formula is C20H18ClN2OP. The molecule has 0 fully saturated rings. The van der Waals surface area contributed by atoms with Crippen molar-refractivity contribution < 1.29 is 4.57 Å². The number of rotatable bonds is 3. The van der Waals surface area contributed by atoms with Crippen LogP contribution in [0.4, 0.5) is 0 Å². The third-order valence-corrected chi connectivity index (χ3v) is 7.40. The second kappa shape index (κ2) is 6.87. The first-order valence-electron chi connectivity index (χ1n) is 7.87. The quantitative estimate of drug-likeness (QED) is 0.517. The number of hydrogen-bond acceptors (Lipinski definition) is 2. The van der Waals surface area contributed by atoms with Gasteiger partial charge in [-0.2, -0.15) is 0 Å². The molecule has 0 radical (unpaired) electrons. The highest BCUT2D eigenvalue weighted by atomic mass is 35.5. The molecule has 5 heteroatoms. The highest BCUT2D eigenvalue weighted by Crippen LogP contribution is 2.43. The van der Waals surface area contributed by atoms with Crippen molar-refractivity contribution in [1.29, 1.82) is 0 Å². The molecule has 126 valence electrons. The Kier molecular flexibility index (Phi) is 4.80. The van der Waals surface area contributed by atoms with Crippen LogP contribution in [0, 0.1) is 6.92 Å². The van der Waals surface area contributed by atoms with Gasteiger partial charge in [0.25, 0.3) is 0 Å². The fraction of sp³-hybridized carbons (Fsp3) is 0.0500. The van der Waals surface area contributed by atoms with Gasteiger partial charge < -0.3 is 4.57 Å². The minimum Gasteiger partial charge on any atom is -0.307 e. The van der Waals surface area contributed by atoms with Gasteiger partial charge in [0.2, 0.25) is 0 Å². The van der Waals surface area contributed by atoms with Gasteiger partial charge in [-0.1, -0.05) is 66.7 Å². The smallest absolute Gasteiger partial charge is 0.188 e. The Labute approximate surface area is 153 Å². The topological polar surface area (TPSA) is 34.4 Å². The Morgan fingerprint density at radius 3 is 1.88 bits per heavy atom. The summed E-state index contributed by atoms with van der Waals surface area (Å²) in [4.78, 5) is 4.62. The highest BCUT2D eigenvalue weighted by molar-refractivity contribution is 7.85. The van der Waals surface area contributed by atoms with Crippen molar-refractivity contribution in [3.63, 3.8) is 0 Å². The summed E-state index contributed by atoms with van der Waals surface area (Å²) >= 11 is 0. The molecular weight excluding hydrogens is 351 g/mol. The first-order chi connectivity index (χ1) is 11.7. The van der Waals surface area contributed by atoms with Gasteiger partial charge in [-0.25, -0.2) is 4.98 Å². The molecule has 0 aliphatic rings. The van der Waals surface area contributed by atoms with E-state index in [1.54, 1.807) is 0 Å². The Morgan fingerprint density at radius 2 is 1.32 bits per heavy atom. The van der Waals surface area contributed by atoms with Gasteiger partial charge in [0.1, 0.15) is 11.1 Å². The minimum absolute atomic E-state index is 0. The van der Waals surface area contributed by atoms with Crippen LogP contribution in [0.1, 0.15) is 5.69 Å². The molecule has 0 saturated carbocycles. The maximum absolute atomic E-state index is 14.5. The van der Waals surface area contributed by atoms with E-state index in [4.69, 9.17) is 0 Å². The number of imidazole rings is 1. The predicted octanol–water partition coefficient (Wildman–Crippen LogP) is 3.70. The van der Waals surface area contributed by atoms with Crippen molar-refractivity contribution in [3.05, 3.63) is 90.8 Å². The summed E-state index contributed by atoms with van der Waals surface area (Å²) < 4.78 is 16.4. The molecule has 0 amide bonds. The van der Waals surface area contributed by atoms with Crippen LogP contribution in [0.5, 0.6) is 0 Å². The maximum Gasteiger partial charge on any atom is 0.188 e. The summed E-state index contributed by atoms with van der Waals surface area (Å²) in [6.07, 6.45) is 1.93. The Morgan fingerprint density at radius 1 is 0.800 bits per heavy atom. The SMILES string of the molecule is Cc1nc2ccccn2c1P(=O)(c1ccccc1)c1ccccc1.Cl. The molecule has 4 rings (SSSR count). The fourth-order valence-electron chi connectivity index (χ4n) is 3.15. The molecule has 0 spiro atoms. The Balaban J connectivity index is 0.00000182. The molecule has 4 aromatic rings. The summed E-state index contributed by atoms with van der Waals surface area (Å²) in [5, 5.41) is 1.65. The van der Waals surface area contributed by atoms with Crippen LogP contribution in [-0.4, -0.2) is 9.38 Å². The summed E-state index contributed by atoms with van der Waals surface area (Å²) in [5.41, 5.74) is 2.39. The van der Waals surface area contributed by atoms with E-state index in [0.717, 1.165) is 27.4 Å². The van der Waals surface area contributed by atoms with Crippen LogP contribution < -0.4 is 16.0 Å². The monoisotopic (exact) mass is 368 g/mol. The second-order valence-corrected chi connectivity index (χ2v) is 8.40. The minimum atomic E-state index is -3.01. The van der Waals surface area contributed by atoms with Gasteiger partial charge in [0.15, 0.2) is 7.14 Å². The number of fused-ring (bicyclic) bond motifs is 1. The lowest BCUT2D eigenvalue weighted by Gasteiger charge is -2.20. The molecule has 25 heavy (non-hydrogen) atoms. The largest absolute Gasteiger partial charge is 0.307 e. The summed E-state index contributed by atoms with van der Waals surface area (Å²) in [7, 11) is -3.01. The molecule has 0 unspecified atom stereocenters. The lowest BCUT2D eigenvalue weighted by atomic mass is 10.4. The van der Waals surface area contributed by atoms with E-state index in [1.165, 1.54) is 0 Å². The molecule has 0 atom stereocenters. The number of aromatic nitrogens is 2. The van der Waals surface area contributed by atoms with Gasteiger partial charge in [-0.05, 0) is 19.1 Å². The van der Waals surface area contributed by atoms with E-state index in [-0.39, 0.29) is 12.4 Å². The zero-order valence-corrected chi connectivity index (χ0v) is 15.5. The van der Waals surface area contributed by atoms with E-state index in [9.17, 15) is 4.57 Å². The van der Waals surface area contributed by atoms with Crippen LogP contribution in [0.2, 0.25) is 0 Å². The highest BCUT2D eigenvalue weighted by Gasteiger charge is 2.34. The van der Waals surface area contributed by atoms with Gasteiger partial charge in [0, 0.05) is 16.8 Å². The van der Waals surface area contributed by atoms with E-state index in [0.29, 0.717) is 0 Å². The van der Waals surface area contributed by atoms with Gasteiger partial charge in [0.05, 0.1) is 5.69 Å². The summed E-state index contributed by atoms with van der Waals surface area (Å²) in [6.45, 7) is 1.93.